The molecular weight excluding hydrogens is 192 g/mol. The summed E-state index contributed by atoms with van der Waals surface area (Å²) in [7, 11) is 0. The molecule has 12 heavy (non-hydrogen) atoms. The van der Waals surface area contributed by atoms with E-state index in [0.717, 1.165) is 11.1 Å². The molecule has 0 heterocycles. The van der Waals surface area contributed by atoms with Gasteiger partial charge in [0.25, 0.3) is 0 Å². The molecule has 4 heteroatoms. The Hall–Kier alpha value is -0.640. The third-order valence-electron chi connectivity index (χ3n) is 1.56. The maximum absolute atomic E-state index is 5.77. The van der Waals surface area contributed by atoms with Crippen molar-refractivity contribution in [3.05, 3.63) is 34.3 Å². The molecule has 0 fully saturated rings. The van der Waals surface area contributed by atoms with Crippen molar-refractivity contribution in [2.45, 2.75) is 6.92 Å². The third-order valence-corrected chi connectivity index (χ3v) is 2.14. The molecule has 0 radical (unpaired) electrons. The summed E-state index contributed by atoms with van der Waals surface area (Å²) < 4.78 is 0. The minimum absolute atomic E-state index is 0.532. The monoisotopic (exact) mass is 200 g/mol. The highest BCUT2D eigenvalue weighted by atomic mass is 35.5. The lowest BCUT2D eigenvalue weighted by Crippen LogP contribution is -2.29. The van der Waals surface area contributed by atoms with E-state index in [0.29, 0.717) is 10.0 Å². The van der Waals surface area contributed by atoms with Crippen molar-refractivity contribution in [1.29, 1.82) is 0 Å². The second kappa shape index (κ2) is 3.85. The fraction of sp³-hybridized carbons (Fsp3) is 0.125. The lowest BCUT2D eigenvalue weighted by Gasteiger charge is -2.06. The van der Waals surface area contributed by atoms with Gasteiger partial charge in [0.1, 0.15) is 4.99 Å². The van der Waals surface area contributed by atoms with E-state index >= 15 is 0 Å². The molecule has 3 N–H and O–H groups in total. The van der Waals surface area contributed by atoms with Gasteiger partial charge in [0, 0.05) is 10.6 Å². The molecule has 0 aliphatic carbocycles. The number of benzene rings is 1. The molecule has 0 spiro atoms. The van der Waals surface area contributed by atoms with E-state index in [-0.39, 0.29) is 0 Å². The van der Waals surface area contributed by atoms with Crippen LogP contribution in [-0.4, -0.2) is 4.99 Å². The van der Waals surface area contributed by atoms with Gasteiger partial charge in [-0.05, 0) is 24.6 Å². The zero-order valence-corrected chi connectivity index (χ0v) is 8.17. The summed E-state index contributed by atoms with van der Waals surface area (Å²) in [5.41, 5.74) is 4.36. The van der Waals surface area contributed by atoms with Gasteiger partial charge in [-0.3, -0.25) is 0 Å². The summed E-state index contributed by atoms with van der Waals surface area (Å²) in [6.45, 7) is 1.94. The number of rotatable bonds is 1. The van der Waals surface area contributed by atoms with Gasteiger partial charge >= 0.3 is 0 Å². The Morgan fingerprint density at radius 3 is 2.75 bits per heavy atom. The van der Waals surface area contributed by atoms with Gasteiger partial charge in [-0.2, -0.15) is 0 Å². The van der Waals surface area contributed by atoms with Crippen molar-refractivity contribution in [2.24, 2.45) is 5.84 Å². The van der Waals surface area contributed by atoms with Gasteiger partial charge in [-0.1, -0.05) is 29.9 Å². The van der Waals surface area contributed by atoms with Gasteiger partial charge < -0.3 is 5.43 Å². The van der Waals surface area contributed by atoms with Crippen LogP contribution in [0.25, 0.3) is 0 Å². The number of hydrogen-bond donors (Lipinski definition) is 2. The van der Waals surface area contributed by atoms with Gasteiger partial charge in [-0.15, -0.1) is 0 Å². The lowest BCUT2D eigenvalue weighted by atomic mass is 10.1. The SMILES string of the molecule is Cc1cc(Cl)ccc1C(=S)NN. The van der Waals surface area contributed by atoms with Crippen LogP contribution in [0.15, 0.2) is 18.2 Å². The quantitative estimate of drug-likeness (QED) is 0.413. The van der Waals surface area contributed by atoms with Crippen molar-refractivity contribution in [3.8, 4) is 0 Å². The summed E-state index contributed by atoms with van der Waals surface area (Å²) in [5, 5.41) is 0.705. The average molecular weight is 201 g/mol. The molecule has 0 aromatic heterocycles. The summed E-state index contributed by atoms with van der Waals surface area (Å²) in [4.78, 5) is 0.532. The van der Waals surface area contributed by atoms with Crippen molar-refractivity contribution in [3.63, 3.8) is 0 Å². The molecule has 0 aliphatic rings. The Labute approximate surface area is 81.7 Å². The Bertz CT molecular complexity index is 312. The number of hydrogen-bond acceptors (Lipinski definition) is 2. The van der Waals surface area contributed by atoms with E-state index in [9.17, 15) is 0 Å². The topological polar surface area (TPSA) is 38.0 Å². The summed E-state index contributed by atoms with van der Waals surface area (Å²) in [5.74, 6) is 5.19. The van der Waals surface area contributed by atoms with E-state index in [1.807, 2.05) is 19.1 Å². The van der Waals surface area contributed by atoms with E-state index in [4.69, 9.17) is 29.7 Å². The number of nitrogens with one attached hydrogen (secondary N) is 1. The van der Waals surface area contributed by atoms with Gasteiger partial charge in [-0.25, -0.2) is 5.84 Å². The first kappa shape index (κ1) is 9.45. The highest BCUT2D eigenvalue weighted by molar-refractivity contribution is 7.80. The summed E-state index contributed by atoms with van der Waals surface area (Å²) in [6.07, 6.45) is 0. The number of halogens is 1. The minimum Gasteiger partial charge on any atom is -0.314 e. The fourth-order valence-corrected chi connectivity index (χ4v) is 1.42. The van der Waals surface area contributed by atoms with Crippen LogP contribution < -0.4 is 11.3 Å². The predicted molar refractivity (Wildman–Crippen MR) is 55.2 cm³/mol. The van der Waals surface area contributed by atoms with E-state index in [1.165, 1.54) is 0 Å². The zero-order chi connectivity index (χ0) is 9.14. The smallest absolute Gasteiger partial charge is 0.120 e. The largest absolute Gasteiger partial charge is 0.314 e. The maximum atomic E-state index is 5.77. The Balaban J connectivity index is 3.09. The molecule has 0 aliphatic heterocycles. The highest BCUT2D eigenvalue weighted by Gasteiger charge is 2.02. The lowest BCUT2D eigenvalue weighted by molar-refractivity contribution is 1.05. The van der Waals surface area contributed by atoms with E-state index in [1.54, 1.807) is 6.07 Å². The molecule has 64 valence electrons. The van der Waals surface area contributed by atoms with Gasteiger partial charge in [0.15, 0.2) is 0 Å². The van der Waals surface area contributed by atoms with E-state index in [2.05, 4.69) is 5.43 Å². The second-order valence-electron chi connectivity index (χ2n) is 2.43. The van der Waals surface area contributed by atoms with Gasteiger partial charge in [0.05, 0.1) is 0 Å². The molecule has 0 amide bonds. The van der Waals surface area contributed by atoms with Crippen molar-refractivity contribution in [1.82, 2.24) is 5.43 Å². The third kappa shape index (κ3) is 1.94. The number of thiocarbonyl (C=S) groups is 1. The number of hydrazine groups is 1. The van der Waals surface area contributed by atoms with Crippen LogP contribution in [0.5, 0.6) is 0 Å². The van der Waals surface area contributed by atoms with Crippen molar-refractivity contribution >= 4 is 28.8 Å². The first-order chi connectivity index (χ1) is 5.65. The molecule has 0 saturated carbocycles. The summed E-state index contributed by atoms with van der Waals surface area (Å²) >= 11 is 10.7. The first-order valence-electron chi connectivity index (χ1n) is 3.42. The van der Waals surface area contributed by atoms with Crippen LogP contribution in [0.4, 0.5) is 0 Å². The Morgan fingerprint density at radius 2 is 2.25 bits per heavy atom. The average Bonchev–Trinajstić information content (AvgIpc) is 2.03. The predicted octanol–water partition coefficient (Wildman–Crippen LogP) is 1.79. The maximum Gasteiger partial charge on any atom is 0.120 e. The minimum atomic E-state index is 0.532. The molecule has 0 atom stereocenters. The normalized spacial score (nSPS) is 9.58. The fourth-order valence-electron chi connectivity index (χ4n) is 0.960. The first-order valence-corrected chi connectivity index (χ1v) is 4.21. The summed E-state index contributed by atoms with van der Waals surface area (Å²) in [6, 6.07) is 5.48. The molecule has 1 rings (SSSR count). The van der Waals surface area contributed by atoms with Crippen LogP contribution in [0.3, 0.4) is 0 Å². The highest BCUT2D eigenvalue weighted by Crippen LogP contribution is 2.15. The van der Waals surface area contributed by atoms with Crippen LogP contribution in [0, 0.1) is 6.92 Å². The van der Waals surface area contributed by atoms with Crippen LogP contribution >= 0.6 is 23.8 Å². The Kier molecular flexibility index (Phi) is 3.03. The number of nitrogens with two attached hydrogens (primary N) is 1. The van der Waals surface area contributed by atoms with Crippen molar-refractivity contribution < 1.29 is 0 Å². The second-order valence-corrected chi connectivity index (χ2v) is 3.28. The molecule has 0 bridgehead atoms. The molecule has 1 aromatic rings. The van der Waals surface area contributed by atoms with Crippen LogP contribution in [-0.2, 0) is 0 Å². The molecule has 0 unspecified atom stereocenters. The van der Waals surface area contributed by atoms with Crippen LogP contribution in [0.1, 0.15) is 11.1 Å². The van der Waals surface area contributed by atoms with Crippen LogP contribution in [0.2, 0.25) is 5.02 Å². The molecule has 1 aromatic carbocycles. The van der Waals surface area contributed by atoms with E-state index < -0.39 is 0 Å². The Morgan fingerprint density at radius 1 is 1.58 bits per heavy atom. The molecular formula is C8H9ClN2S. The zero-order valence-electron chi connectivity index (χ0n) is 6.60. The number of aryl methyl sites for hydroxylation is 1. The standard InChI is InChI=1S/C8H9ClN2S/c1-5-4-6(9)2-3-7(5)8(12)11-10/h2-4H,10H2,1H3,(H,11,12). The van der Waals surface area contributed by atoms with Gasteiger partial charge in [0.2, 0.25) is 0 Å². The van der Waals surface area contributed by atoms with Crippen molar-refractivity contribution in [2.75, 3.05) is 0 Å². The molecule has 2 nitrogen and oxygen atoms in total. The molecule has 0 saturated heterocycles.